The first kappa shape index (κ1) is 21.0. The minimum atomic E-state index is 0. The number of nitrogens with zero attached hydrogens (tertiary/aromatic N) is 2. The van der Waals surface area contributed by atoms with Gasteiger partial charge in [0.25, 0.3) is 0 Å². The number of para-hydroxylation sites is 1. The number of nitrogens with one attached hydrogen (secondary N) is 2. The lowest BCUT2D eigenvalue weighted by atomic mass is 9.97. The van der Waals surface area contributed by atoms with E-state index in [1.165, 1.54) is 36.9 Å². The molecule has 144 valence electrons. The normalized spacial score (nSPS) is 16.5. The topological polar surface area (TPSA) is 52.8 Å². The Labute approximate surface area is 173 Å². The Morgan fingerprint density at radius 1 is 1.23 bits per heavy atom. The number of fused-ring (bicyclic) bond motifs is 1. The van der Waals surface area contributed by atoms with Crippen molar-refractivity contribution >= 4 is 40.9 Å². The van der Waals surface area contributed by atoms with E-state index in [4.69, 9.17) is 9.41 Å². The molecule has 6 heteroatoms. The molecule has 5 nitrogen and oxygen atoms in total. The minimum absolute atomic E-state index is 0. The first-order valence-electron chi connectivity index (χ1n) is 9.35. The Hall–Kier alpha value is -1.28. The number of rotatable bonds is 5. The lowest BCUT2D eigenvalue weighted by Crippen LogP contribution is -2.42. The molecule has 0 radical (unpaired) electrons. The van der Waals surface area contributed by atoms with Crippen molar-refractivity contribution in [2.24, 2.45) is 10.9 Å². The van der Waals surface area contributed by atoms with Crippen molar-refractivity contribution in [2.75, 3.05) is 33.2 Å². The summed E-state index contributed by atoms with van der Waals surface area (Å²) >= 11 is 0. The Morgan fingerprint density at radius 2 is 1.96 bits per heavy atom. The third kappa shape index (κ3) is 5.36. The maximum atomic E-state index is 5.97. The van der Waals surface area contributed by atoms with Crippen molar-refractivity contribution < 1.29 is 4.42 Å². The predicted octanol–water partition coefficient (Wildman–Crippen LogP) is 3.76. The second kappa shape index (κ2) is 10.2. The molecule has 1 aromatic heterocycles. The quantitative estimate of drug-likeness (QED) is 0.397. The van der Waals surface area contributed by atoms with E-state index in [0.717, 1.165) is 36.3 Å². The second-order valence-electron chi connectivity index (χ2n) is 6.97. The third-order valence-electron chi connectivity index (χ3n) is 5.06. The molecule has 1 aromatic carbocycles. The van der Waals surface area contributed by atoms with Gasteiger partial charge in [0.15, 0.2) is 5.96 Å². The Kier molecular flexibility index (Phi) is 8.21. The fourth-order valence-corrected chi connectivity index (χ4v) is 3.38. The van der Waals surface area contributed by atoms with Gasteiger partial charge >= 0.3 is 0 Å². The molecular formula is C20H31IN4O. The number of benzene rings is 1. The zero-order valence-electron chi connectivity index (χ0n) is 16.0. The van der Waals surface area contributed by atoms with Crippen LogP contribution in [0.25, 0.3) is 11.0 Å². The van der Waals surface area contributed by atoms with Crippen molar-refractivity contribution in [1.29, 1.82) is 0 Å². The van der Waals surface area contributed by atoms with Gasteiger partial charge < -0.3 is 20.0 Å². The summed E-state index contributed by atoms with van der Waals surface area (Å²) in [5.41, 5.74) is 2.13. The molecule has 2 aromatic rings. The average molecular weight is 470 g/mol. The van der Waals surface area contributed by atoms with E-state index in [1.807, 2.05) is 18.2 Å². The smallest absolute Gasteiger partial charge is 0.191 e. The summed E-state index contributed by atoms with van der Waals surface area (Å²) in [6.07, 6.45) is 2.51. The van der Waals surface area contributed by atoms with Crippen molar-refractivity contribution in [3.05, 3.63) is 35.6 Å². The van der Waals surface area contributed by atoms with Crippen LogP contribution in [-0.4, -0.2) is 44.1 Å². The molecule has 1 aliphatic rings. The zero-order chi connectivity index (χ0) is 17.6. The molecule has 0 atom stereocenters. The van der Waals surface area contributed by atoms with Crippen LogP contribution in [0.1, 0.15) is 31.1 Å². The molecule has 26 heavy (non-hydrogen) atoms. The summed E-state index contributed by atoms with van der Waals surface area (Å²) in [6, 6.07) is 8.17. The highest BCUT2D eigenvalue weighted by molar-refractivity contribution is 14.0. The number of hydrogen-bond donors (Lipinski definition) is 2. The molecule has 0 amide bonds. The standard InChI is InChI=1S/C20H30N4O.HI/c1-4-21-20(22-13-16-9-11-24(3)12-10-16)23-14-19-15(2)17-7-5-6-8-18(17)25-19;/h5-8,16H,4,9-14H2,1-3H3,(H2,21,22,23);1H. The molecule has 0 unspecified atom stereocenters. The van der Waals surface area contributed by atoms with Crippen LogP contribution in [-0.2, 0) is 6.54 Å². The molecule has 1 aliphatic heterocycles. The highest BCUT2D eigenvalue weighted by Gasteiger charge is 2.17. The minimum Gasteiger partial charge on any atom is -0.459 e. The van der Waals surface area contributed by atoms with Gasteiger partial charge in [0, 0.05) is 24.0 Å². The van der Waals surface area contributed by atoms with E-state index in [1.54, 1.807) is 0 Å². The van der Waals surface area contributed by atoms with E-state index >= 15 is 0 Å². The molecular weight excluding hydrogens is 439 g/mol. The van der Waals surface area contributed by atoms with Gasteiger partial charge in [0.05, 0.1) is 0 Å². The summed E-state index contributed by atoms with van der Waals surface area (Å²) < 4.78 is 5.97. The van der Waals surface area contributed by atoms with Crippen molar-refractivity contribution in [3.8, 4) is 0 Å². The molecule has 1 fully saturated rings. The monoisotopic (exact) mass is 470 g/mol. The number of furan rings is 1. The lowest BCUT2D eigenvalue weighted by molar-refractivity contribution is 0.220. The molecule has 3 rings (SSSR count). The Morgan fingerprint density at radius 3 is 2.65 bits per heavy atom. The maximum absolute atomic E-state index is 5.97. The molecule has 1 saturated heterocycles. The van der Waals surface area contributed by atoms with Crippen LogP contribution in [0.3, 0.4) is 0 Å². The van der Waals surface area contributed by atoms with Gasteiger partial charge in [-0.25, -0.2) is 4.99 Å². The first-order valence-corrected chi connectivity index (χ1v) is 9.35. The highest BCUT2D eigenvalue weighted by Crippen LogP contribution is 2.25. The van der Waals surface area contributed by atoms with Crippen LogP contribution in [0.2, 0.25) is 0 Å². The third-order valence-corrected chi connectivity index (χ3v) is 5.06. The number of piperidine rings is 1. The SMILES string of the molecule is CCNC(=NCc1oc2ccccc2c1C)NCC1CCN(C)CC1.I. The van der Waals surface area contributed by atoms with Crippen molar-refractivity contribution in [1.82, 2.24) is 15.5 Å². The number of likely N-dealkylation sites (tertiary alicyclic amines) is 1. The Balaban J connectivity index is 0.00000243. The summed E-state index contributed by atoms with van der Waals surface area (Å²) in [6.45, 7) is 8.99. The van der Waals surface area contributed by atoms with Gasteiger partial charge in [-0.15, -0.1) is 24.0 Å². The summed E-state index contributed by atoms with van der Waals surface area (Å²) in [7, 11) is 2.20. The number of aryl methyl sites for hydroxylation is 1. The fraction of sp³-hybridized carbons (Fsp3) is 0.550. The van der Waals surface area contributed by atoms with Gasteiger partial charge in [0.2, 0.25) is 0 Å². The predicted molar refractivity (Wildman–Crippen MR) is 119 cm³/mol. The van der Waals surface area contributed by atoms with Crippen LogP contribution in [0.4, 0.5) is 0 Å². The number of aliphatic imine (C=N–C) groups is 1. The first-order chi connectivity index (χ1) is 12.2. The largest absolute Gasteiger partial charge is 0.459 e. The molecule has 0 saturated carbocycles. The van der Waals surface area contributed by atoms with Crippen LogP contribution < -0.4 is 10.6 Å². The second-order valence-corrected chi connectivity index (χ2v) is 6.97. The van der Waals surface area contributed by atoms with Gasteiger partial charge in [-0.1, -0.05) is 18.2 Å². The number of hydrogen-bond acceptors (Lipinski definition) is 3. The molecule has 2 heterocycles. The van der Waals surface area contributed by atoms with Gasteiger partial charge in [-0.2, -0.15) is 0 Å². The Bertz CT molecular complexity index is 720. The van der Waals surface area contributed by atoms with E-state index in [2.05, 4.69) is 42.5 Å². The lowest BCUT2D eigenvalue weighted by Gasteiger charge is -2.29. The summed E-state index contributed by atoms with van der Waals surface area (Å²) in [5.74, 6) is 2.55. The fourth-order valence-electron chi connectivity index (χ4n) is 3.38. The molecule has 0 bridgehead atoms. The van der Waals surface area contributed by atoms with Gasteiger partial charge in [-0.05, 0) is 58.8 Å². The molecule has 0 aliphatic carbocycles. The highest BCUT2D eigenvalue weighted by atomic mass is 127. The van der Waals surface area contributed by atoms with Crippen LogP contribution in [0.15, 0.2) is 33.7 Å². The van der Waals surface area contributed by atoms with Crippen LogP contribution in [0, 0.1) is 12.8 Å². The number of guanidine groups is 1. The molecule has 0 spiro atoms. The van der Waals surface area contributed by atoms with E-state index in [-0.39, 0.29) is 24.0 Å². The van der Waals surface area contributed by atoms with Gasteiger partial charge in [0.1, 0.15) is 17.9 Å². The van der Waals surface area contributed by atoms with E-state index in [0.29, 0.717) is 6.54 Å². The van der Waals surface area contributed by atoms with Crippen molar-refractivity contribution in [2.45, 2.75) is 33.2 Å². The average Bonchev–Trinajstić information content (AvgIpc) is 2.95. The molecule has 2 N–H and O–H groups in total. The summed E-state index contributed by atoms with van der Waals surface area (Å²) in [4.78, 5) is 7.13. The zero-order valence-corrected chi connectivity index (χ0v) is 18.4. The van der Waals surface area contributed by atoms with Crippen LogP contribution >= 0.6 is 24.0 Å². The van der Waals surface area contributed by atoms with Crippen molar-refractivity contribution in [3.63, 3.8) is 0 Å². The van der Waals surface area contributed by atoms with E-state index in [9.17, 15) is 0 Å². The summed E-state index contributed by atoms with van der Waals surface area (Å²) in [5, 5.41) is 8.03. The maximum Gasteiger partial charge on any atom is 0.191 e. The van der Waals surface area contributed by atoms with Gasteiger partial charge in [-0.3, -0.25) is 0 Å². The van der Waals surface area contributed by atoms with E-state index < -0.39 is 0 Å². The van der Waals surface area contributed by atoms with Crippen LogP contribution in [0.5, 0.6) is 0 Å². The number of halogens is 1.